The summed E-state index contributed by atoms with van der Waals surface area (Å²) in [5.74, 6) is 1.76. The highest BCUT2D eigenvalue weighted by Crippen LogP contribution is 2.53. The molecule has 4 aliphatic rings. The first-order valence-electron chi connectivity index (χ1n) is 12.0. The van der Waals surface area contributed by atoms with Gasteiger partial charge in [-0.05, 0) is 40.1 Å². The fourth-order valence-electron chi connectivity index (χ4n) is 6.09. The Bertz CT molecular complexity index is 1840. The highest BCUT2D eigenvalue weighted by atomic mass is 32.1. The Kier molecular flexibility index (Phi) is 3.50. The van der Waals surface area contributed by atoms with E-state index in [4.69, 9.17) is 9.31 Å². The van der Waals surface area contributed by atoms with Crippen molar-refractivity contribution >= 4 is 46.9 Å². The second-order valence-corrected chi connectivity index (χ2v) is 11.2. The summed E-state index contributed by atoms with van der Waals surface area (Å²) in [6, 6.07) is 27.7. The Balaban J connectivity index is 1.43. The Morgan fingerprint density at radius 1 is 0.722 bits per heavy atom. The first kappa shape index (κ1) is 19.2. The van der Waals surface area contributed by atoms with Gasteiger partial charge in [-0.25, -0.2) is 0 Å². The number of aromatic nitrogens is 1. The minimum Gasteiger partial charge on any atom is -0.600 e. The van der Waals surface area contributed by atoms with E-state index >= 15 is 0 Å². The van der Waals surface area contributed by atoms with E-state index in [9.17, 15) is 0 Å². The summed E-state index contributed by atoms with van der Waals surface area (Å²) in [5.41, 5.74) is 9.25. The lowest BCUT2D eigenvalue weighted by molar-refractivity contribution is -0.369. The highest BCUT2D eigenvalue weighted by molar-refractivity contribution is 7.14. The number of hydrogen-bond donors (Lipinski definition) is 0. The lowest BCUT2D eigenvalue weighted by Gasteiger charge is -2.45. The van der Waals surface area contributed by atoms with Crippen molar-refractivity contribution in [3.63, 3.8) is 0 Å². The van der Waals surface area contributed by atoms with Gasteiger partial charge in [0.1, 0.15) is 10.6 Å². The van der Waals surface area contributed by atoms with E-state index in [1.54, 1.807) is 22.7 Å². The van der Waals surface area contributed by atoms with Gasteiger partial charge >= 0.3 is 6.82 Å². The van der Waals surface area contributed by atoms with Gasteiger partial charge in [0.15, 0.2) is 11.4 Å². The lowest BCUT2D eigenvalue weighted by atomic mass is 9.78. The van der Waals surface area contributed by atoms with E-state index in [0.29, 0.717) is 0 Å². The predicted octanol–water partition coefficient (Wildman–Crippen LogP) is 6.97. The molecule has 0 N–H and O–H groups in total. The van der Waals surface area contributed by atoms with Crippen molar-refractivity contribution in [2.24, 2.45) is 0 Å². The molecular weight excluding hydrogens is 483 g/mol. The van der Waals surface area contributed by atoms with Crippen LogP contribution in [0.3, 0.4) is 0 Å². The fraction of sp³-hybridized carbons (Fsp3) is 0. The second-order valence-electron chi connectivity index (χ2n) is 9.37. The second kappa shape index (κ2) is 6.57. The van der Waals surface area contributed by atoms with Crippen LogP contribution in [0, 0.1) is 0 Å². The zero-order chi connectivity index (χ0) is 23.4. The van der Waals surface area contributed by atoms with Crippen LogP contribution in [0.4, 0.5) is 0 Å². The Morgan fingerprint density at radius 2 is 1.39 bits per heavy atom. The average molecular weight is 500 g/mol. The summed E-state index contributed by atoms with van der Waals surface area (Å²) in [4.78, 5) is 2.28. The van der Waals surface area contributed by atoms with E-state index < -0.39 is 6.82 Å². The number of thiophene rings is 2. The van der Waals surface area contributed by atoms with Crippen molar-refractivity contribution in [1.29, 1.82) is 0 Å². The van der Waals surface area contributed by atoms with Gasteiger partial charge in [-0.3, -0.25) is 0 Å². The third-order valence-corrected chi connectivity index (χ3v) is 9.37. The van der Waals surface area contributed by atoms with Crippen LogP contribution in [0.25, 0.3) is 33.3 Å². The molecule has 9 rings (SSSR count). The largest absolute Gasteiger partial charge is 0.780 e. The first-order chi connectivity index (χ1) is 17.8. The Morgan fingerprint density at radius 3 is 2.14 bits per heavy atom. The average Bonchev–Trinajstić information content (AvgIpc) is 3.70. The number of allylic oxidation sites excluding steroid dienone is 2. The molecule has 3 aromatic heterocycles. The van der Waals surface area contributed by atoms with Crippen LogP contribution < -0.4 is 9.31 Å². The molecule has 7 heterocycles. The minimum atomic E-state index is -2.10. The SMILES string of the molecule is C1=C(c2ccccc2)C2=Cc3c(-c4ccccc4)cc4n3[B-]3(Oc5ccsc5C1=[N+]23)Oc1ccsc1-4. The van der Waals surface area contributed by atoms with E-state index in [1.165, 1.54) is 22.3 Å². The quantitative estimate of drug-likeness (QED) is 0.245. The summed E-state index contributed by atoms with van der Waals surface area (Å²) in [5, 5.41) is 4.21. The Hall–Kier alpha value is -4.07. The van der Waals surface area contributed by atoms with Crippen LogP contribution in [-0.2, 0) is 0 Å². The normalized spacial score (nSPS) is 19.9. The number of fused-ring (bicyclic) bond motifs is 4. The van der Waals surface area contributed by atoms with Crippen LogP contribution in [0.1, 0.15) is 16.1 Å². The summed E-state index contributed by atoms with van der Waals surface area (Å²) in [6.07, 6.45) is 4.63. The van der Waals surface area contributed by atoms with Gasteiger partial charge < -0.3 is 18.3 Å². The predicted molar refractivity (Wildman–Crippen MR) is 147 cm³/mol. The molecule has 4 aliphatic heterocycles. The van der Waals surface area contributed by atoms with Gasteiger partial charge in [-0.1, -0.05) is 60.7 Å². The summed E-state index contributed by atoms with van der Waals surface area (Å²) >= 11 is 3.42. The number of hydrogen-bond acceptors (Lipinski definition) is 4. The maximum absolute atomic E-state index is 6.96. The maximum atomic E-state index is 6.96. The van der Waals surface area contributed by atoms with Crippen molar-refractivity contribution in [2.45, 2.75) is 0 Å². The van der Waals surface area contributed by atoms with Crippen LogP contribution in [0.2, 0.25) is 0 Å². The topological polar surface area (TPSA) is 26.4 Å². The maximum Gasteiger partial charge on any atom is 0.780 e. The van der Waals surface area contributed by atoms with Gasteiger partial charge in [0.05, 0.1) is 16.2 Å². The summed E-state index contributed by atoms with van der Waals surface area (Å²) < 4.78 is 18.5. The van der Waals surface area contributed by atoms with Crippen molar-refractivity contribution in [3.8, 4) is 33.2 Å². The van der Waals surface area contributed by atoms with Crippen molar-refractivity contribution in [3.05, 3.63) is 118 Å². The molecule has 36 heavy (non-hydrogen) atoms. The molecule has 4 nitrogen and oxygen atoms in total. The van der Waals surface area contributed by atoms with E-state index in [2.05, 4.69) is 111 Å². The molecule has 0 fully saturated rings. The molecule has 0 radical (unpaired) electrons. The standard InChI is InChI=1S/C29H17BN2O2S2/c1-3-7-18(8-4-1)20-15-24-28-26(11-13-35-28)33-30-31(24)22(20)17-23-21(19-9-5-2-6-10-19)16-25(32(23)30)29-27(34-30)12-14-36-29/h1-17H. The first-order valence-corrected chi connectivity index (χ1v) is 13.7. The van der Waals surface area contributed by atoms with E-state index in [1.807, 2.05) is 0 Å². The van der Waals surface area contributed by atoms with Gasteiger partial charge in [-0.2, -0.15) is 0 Å². The molecule has 1 unspecified atom stereocenters. The fourth-order valence-corrected chi connectivity index (χ4v) is 7.77. The molecule has 1 spiro atoms. The summed E-state index contributed by atoms with van der Waals surface area (Å²) in [6.45, 7) is -2.10. The summed E-state index contributed by atoms with van der Waals surface area (Å²) in [7, 11) is 0. The smallest absolute Gasteiger partial charge is 0.600 e. The Labute approximate surface area is 215 Å². The van der Waals surface area contributed by atoms with Gasteiger partial charge in [0, 0.05) is 29.1 Å². The molecule has 7 heteroatoms. The monoisotopic (exact) mass is 500 g/mol. The van der Waals surface area contributed by atoms with Crippen LogP contribution >= 0.6 is 22.7 Å². The van der Waals surface area contributed by atoms with Crippen molar-refractivity contribution in [1.82, 2.24) is 4.48 Å². The molecule has 2 aromatic carbocycles. The molecule has 170 valence electrons. The third kappa shape index (κ3) is 2.23. The highest BCUT2D eigenvalue weighted by Gasteiger charge is 2.64. The van der Waals surface area contributed by atoms with Crippen molar-refractivity contribution < 1.29 is 13.8 Å². The molecule has 0 bridgehead atoms. The van der Waals surface area contributed by atoms with Crippen molar-refractivity contribution in [2.75, 3.05) is 0 Å². The van der Waals surface area contributed by atoms with Crippen LogP contribution in [0.5, 0.6) is 11.5 Å². The molecule has 0 amide bonds. The van der Waals surface area contributed by atoms with Gasteiger partial charge in [-0.15, -0.1) is 22.7 Å². The molecular formula is C29H17BN2O2S2. The van der Waals surface area contributed by atoms with E-state index in [-0.39, 0.29) is 0 Å². The number of rotatable bonds is 2. The van der Waals surface area contributed by atoms with Crippen LogP contribution in [-0.4, -0.2) is 21.5 Å². The molecule has 0 aliphatic carbocycles. The lowest BCUT2D eigenvalue weighted by Crippen LogP contribution is -2.69. The minimum absolute atomic E-state index is 0.878. The zero-order valence-electron chi connectivity index (χ0n) is 18.9. The molecule has 0 saturated heterocycles. The number of nitrogens with zero attached hydrogens (tertiary/aromatic N) is 2. The van der Waals surface area contributed by atoms with Gasteiger partial charge in [0.2, 0.25) is 0 Å². The van der Waals surface area contributed by atoms with E-state index in [0.717, 1.165) is 44.0 Å². The third-order valence-electron chi connectivity index (χ3n) is 7.53. The van der Waals surface area contributed by atoms with Crippen LogP contribution in [0.15, 0.2) is 101 Å². The molecule has 1 atom stereocenters. The molecule has 0 saturated carbocycles. The number of benzene rings is 2. The van der Waals surface area contributed by atoms with Gasteiger partial charge in [0.25, 0.3) is 0 Å². The zero-order valence-corrected chi connectivity index (χ0v) is 20.6. The molecule has 5 aromatic rings.